The van der Waals surface area contributed by atoms with Crippen LogP contribution in [-0.2, 0) is 42.9 Å². The van der Waals surface area contributed by atoms with Gasteiger partial charge in [0.1, 0.15) is 18.5 Å². The van der Waals surface area contributed by atoms with E-state index in [0.29, 0.717) is 5.56 Å². The highest BCUT2D eigenvalue weighted by Crippen LogP contribution is 2.34. The van der Waals surface area contributed by atoms with Crippen molar-refractivity contribution in [3.63, 3.8) is 0 Å². The summed E-state index contributed by atoms with van der Waals surface area (Å²) in [4.78, 5) is 57.0. The number of esters is 4. The standard InChI is InChI=1S/C33H48FNO9/c1-30(2,3)26(36)40-18-21-22(42-27(37)31(4,5)6)23(43-28(38)32(7,8)9)24(44-29(39)33(10,11)12)25(41-21)35-17-19-13-15-20(34)16-14-19/h13-17,21-25H,18H2,1-12H3/b35-17+/t21-,22+,23+,24-,25-/m1/s1. The Hall–Kier alpha value is -3.34. The Balaban J connectivity index is 2.71. The van der Waals surface area contributed by atoms with E-state index in [1.165, 1.54) is 30.5 Å². The molecule has 0 radical (unpaired) electrons. The van der Waals surface area contributed by atoms with Gasteiger partial charge in [0, 0.05) is 6.21 Å². The Bertz CT molecular complexity index is 1210. The van der Waals surface area contributed by atoms with Gasteiger partial charge in [-0.05, 0) is 101 Å². The molecule has 1 heterocycles. The summed E-state index contributed by atoms with van der Waals surface area (Å²) in [7, 11) is 0. The number of nitrogens with zero attached hydrogens (tertiary/aromatic N) is 1. The minimum Gasteiger partial charge on any atom is -0.462 e. The highest BCUT2D eigenvalue weighted by Gasteiger charge is 2.54. The van der Waals surface area contributed by atoms with Crippen molar-refractivity contribution >= 4 is 30.1 Å². The summed E-state index contributed by atoms with van der Waals surface area (Å²) < 4.78 is 43.1. The van der Waals surface area contributed by atoms with Gasteiger partial charge in [-0.15, -0.1) is 0 Å². The molecule has 1 aromatic rings. The summed E-state index contributed by atoms with van der Waals surface area (Å²) in [5, 5.41) is 0. The second-order valence-electron chi connectivity index (χ2n) is 15.1. The van der Waals surface area contributed by atoms with Crippen molar-refractivity contribution < 1.29 is 47.3 Å². The van der Waals surface area contributed by atoms with E-state index in [1.54, 1.807) is 83.1 Å². The van der Waals surface area contributed by atoms with Gasteiger partial charge in [0.2, 0.25) is 0 Å². The van der Waals surface area contributed by atoms with E-state index >= 15 is 0 Å². The highest BCUT2D eigenvalue weighted by molar-refractivity contribution is 5.80. The first-order chi connectivity index (χ1) is 19.9. The molecule has 0 saturated carbocycles. The molecule has 0 unspecified atom stereocenters. The van der Waals surface area contributed by atoms with Crippen LogP contribution in [0.15, 0.2) is 29.3 Å². The van der Waals surface area contributed by atoms with Gasteiger partial charge in [-0.25, -0.2) is 4.39 Å². The molecule has 10 nitrogen and oxygen atoms in total. The topological polar surface area (TPSA) is 127 Å². The Morgan fingerprint density at radius 3 is 1.52 bits per heavy atom. The number of carbonyl (C=O) groups is 4. The Kier molecular flexibility index (Phi) is 11.5. The zero-order valence-electron chi connectivity index (χ0n) is 28.0. The maximum atomic E-state index is 13.5. The first-order valence-electron chi connectivity index (χ1n) is 14.7. The lowest BCUT2D eigenvalue weighted by molar-refractivity contribution is -0.258. The van der Waals surface area contributed by atoms with Crippen LogP contribution in [0.25, 0.3) is 0 Å². The molecule has 44 heavy (non-hydrogen) atoms. The lowest BCUT2D eigenvalue weighted by Gasteiger charge is -2.45. The van der Waals surface area contributed by atoms with Gasteiger partial charge in [0.15, 0.2) is 24.5 Å². The number of carbonyl (C=O) groups excluding carboxylic acids is 4. The van der Waals surface area contributed by atoms with Crippen LogP contribution in [0.5, 0.6) is 0 Å². The summed E-state index contributed by atoms with van der Waals surface area (Å²) in [6.07, 6.45) is -5.21. The second-order valence-corrected chi connectivity index (χ2v) is 15.1. The van der Waals surface area contributed by atoms with Crippen molar-refractivity contribution in [1.29, 1.82) is 0 Å². The third-order valence-corrected chi connectivity index (χ3v) is 6.41. The molecule has 1 saturated heterocycles. The van der Waals surface area contributed by atoms with Crippen LogP contribution in [0.2, 0.25) is 0 Å². The predicted octanol–water partition coefficient (Wildman–Crippen LogP) is 5.43. The molecule has 11 heteroatoms. The molecule has 2 rings (SSSR count). The van der Waals surface area contributed by atoms with Crippen molar-refractivity contribution in [2.45, 2.75) is 114 Å². The van der Waals surface area contributed by atoms with Crippen LogP contribution in [0.4, 0.5) is 4.39 Å². The summed E-state index contributed by atoms with van der Waals surface area (Å²) >= 11 is 0. The molecule has 246 valence electrons. The number of hydrogen-bond donors (Lipinski definition) is 0. The molecule has 0 bridgehead atoms. The van der Waals surface area contributed by atoms with Gasteiger partial charge in [-0.3, -0.25) is 24.2 Å². The fourth-order valence-corrected chi connectivity index (χ4v) is 3.53. The van der Waals surface area contributed by atoms with E-state index in [-0.39, 0.29) is 6.61 Å². The second kappa shape index (κ2) is 13.7. The monoisotopic (exact) mass is 621 g/mol. The molecule has 1 aliphatic rings. The minimum absolute atomic E-state index is 0.385. The molecule has 0 N–H and O–H groups in total. The van der Waals surface area contributed by atoms with Gasteiger partial charge in [0.25, 0.3) is 0 Å². The maximum absolute atomic E-state index is 13.5. The molecule has 1 aliphatic heterocycles. The van der Waals surface area contributed by atoms with Crippen molar-refractivity contribution in [2.24, 2.45) is 26.7 Å². The van der Waals surface area contributed by atoms with Gasteiger partial charge in [-0.1, -0.05) is 12.1 Å². The third kappa shape index (κ3) is 10.4. The molecule has 1 fully saturated rings. The van der Waals surface area contributed by atoms with Crippen LogP contribution in [0, 0.1) is 27.5 Å². The van der Waals surface area contributed by atoms with Gasteiger partial charge < -0.3 is 23.7 Å². The largest absolute Gasteiger partial charge is 0.462 e. The molecule has 0 aromatic heterocycles. The number of rotatable bonds is 7. The van der Waals surface area contributed by atoms with Crippen LogP contribution < -0.4 is 0 Å². The lowest BCUT2D eigenvalue weighted by atomic mass is 9.92. The molecule has 1 aromatic carbocycles. The van der Waals surface area contributed by atoms with Crippen LogP contribution in [0.1, 0.15) is 88.6 Å². The van der Waals surface area contributed by atoms with Crippen LogP contribution in [-0.4, -0.2) is 67.3 Å². The van der Waals surface area contributed by atoms with Crippen molar-refractivity contribution in [2.75, 3.05) is 6.61 Å². The zero-order valence-corrected chi connectivity index (χ0v) is 28.0. The Morgan fingerprint density at radius 2 is 1.09 bits per heavy atom. The van der Waals surface area contributed by atoms with E-state index in [4.69, 9.17) is 23.7 Å². The van der Waals surface area contributed by atoms with Gasteiger partial charge >= 0.3 is 23.9 Å². The smallest absolute Gasteiger partial charge is 0.311 e. The first-order valence-corrected chi connectivity index (χ1v) is 14.7. The van der Waals surface area contributed by atoms with E-state index in [2.05, 4.69) is 4.99 Å². The van der Waals surface area contributed by atoms with Crippen LogP contribution >= 0.6 is 0 Å². The average molecular weight is 622 g/mol. The summed E-state index contributed by atoms with van der Waals surface area (Å²) in [6.45, 7) is 19.5. The molecule has 0 spiro atoms. The Morgan fingerprint density at radius 1 is 0.682 bits per heavy atom. The number of halogens is 1. The number of hydrogen-bond acceptors (Lipinski definition) is 10. The zero-order chi connectivity index (χ0) is 33.8. The highest BCUT2D eigenvalue weighted by atomic mass is 19.1. The molecule has 0 aliphatic carbocycles. The Labute approximate surface area is 260 Å². The lowest BCUT2D eigenvalue weighted by Crippen LogP contribution is -2.63. The minimum atomic E-state index is -1.40. The average Bonchev–Trinajstić information content (AvgIpc) is 2.87. The summed E-state index contributed by atoms with van der Waals surface area (Å²) in [5.41, 5.74) is -3.27. The molecule has 0 amide bonds. The number of ether oxygens (including phenoxy) is 5. The van der Waals surface area contributed by atoms with Crippen LogP contribution in [0.3, 0.4) is 0 Å². The number of benzene rings is 1. The van der Waals surface area contributed by atoms with E-state index in [0.717, 1.165) is 0 Å². The fourth-order valence-electron chi connectivity index (χ4n) is 3.53. The summed E-state index contributed by atoms with van der Waals surface area (Å²) in [6, 6.07) is 5.49. The molecular formula is C33H48FNO9. The SMILES string of the molecule is CC(C)(C)C(=O)OC[C@H]1O[C@@H](/N=C/c2ccc(F)cc2)[C@H](OC(=O)C(C)(C)C)[C@@H](OC(=O)C(C)(C)C)[C@H]1OC(=O)C(C)(C)C. The maximum Gasteiger partial charge on any atom is 0.311 e. The van der Waals surface area contributed by atoms with E-state index < -0.39 is 82.0 Å². The van der Waals surface area contributed by atoms with Crippen molar-refractivity contribution in [1.82, 2.24) is 0 Å². The third-order valence-electron chi connectivity index (χ3n) is 6.41. The first kappa shape index (κ1) is 36.8. The number of aliphatic imine (C=N–C) groups is 1. The van der Waals surface area contributed by atoms with Gasteiger partial charge in [0.05, 0.1) is 21.7 Å². The van der Waals surface area contributed by atoms with E-state index in [1.807, 2.05) is 0 Å². The normalized spacial score (nSPS) is 23.2. The van der Waals surface area contributed by atoms with Crippen molar-refractivity contribution in [3.05, 3.63) is 35.6 Å². The molecule has 5 atom stereocenters. The summed E-state index contributed by atoms with van der Waals surface area (Å²) in [5.74, 6) is -2.94. The quantitative estimate of drug-likeness (QED) is 0.222. The van der Waals surface area contributed by atoms with Crippen molar-refractivity contribution in [3.8, 4) is 0 Å². The molecular weight excluding hydrogens is 573 g/mol. The predicted molar refractivity (Wildman–Crippen MR) is 161 cm³/mol. The fraction of sp³-hybridized carbons (Fsp3) is 0.667. The van der Waals surface area contributed by atoms with Gasteiger partial charge in [-0.2, -0.15) is 0 Å². The van der Waals surface area contributed by atoms with E-state index in [9.17, 15) is 23.6 Å².